The first-order valence-electron chi connectivity index (χ1n) is 4.10. The molecule has 0 fully saturated rings. The summed E-state index contributed by atoms with van der Waals surface area (Å²) in [5.41, 5.74) is -0.163. The van der Waals surface area contributed by atoms with Crippen molar-refractivity contribution in [3.8, 4) is 6.07 Å². The summed E-state index contributed by atoms with van der Waals surface area (Å²) in [4.78, 5) is 11.1. The van der Waals surface area contributed by atoms with Gasteiger partial charge in [0.1, 0.15) is 6.07 Å². The Kier molecular flexibility index (Phi) is 5.15. The topological polar surface area (TPSA) is 71.4 Å². The highest BCUT2D eigenvalue weighted by atomic mass is 16.5. The molecule has 14 heavy (non-hydrogen) atoms. The van der Waals surface area contributed by atoms with E-state index >= 15 is 0 Å². The second-order valence-electron chi connectivity index (χ2n) is 2.81. The zero-order valence-corrected chi connectivity index (χ0v) is 8.75. The van der Waals surface area contributed by atoms with Crippen LogP contribution in [0, 0.1) is 11.3 Å². The Bertz CT molecular complexity index is 276. The van der Waals surface area contributed by atoms with Crippen LogP contribution in [0.1, 0.15) is 13.8 Å². The second kappa shape index (κ2) is 5.86. The monoisotopic (exact) mass is 198 g/mol. The number of nitriles is 1. The Morgan fingerprint density at radius 1 is 1.36 bits per heavy atom. The van der Waals surface area contributed by atoms with Crippen molar-refractivity contribution in [2.45, 2.75) is 19.9 Å². The molecule has 0 saturated carbocycles. The third-order valence-corrected chi connectivity index (χ3v) is 1.35. The van der Waals surface area contributed by atoms with Gasteiger partial charge in [0.05, 0.1) is 14.2 Å². The van der Waals surface area contributed by atoms with Gasteiger partial charge in [-0.2, -0.15) is 5.26 Å². The van der Waals surface area contributed by atoms with E-state index in [9.17, 15) is 4.79 Å². The maximum atomic E-state index is 11.1. The van der Waals surface area contributed by atoms with Gasteiger partial charge in [-0.05, 0) is 13.8 Å². The first-order chi connectivity index (χ1) is 6.56. The Morgan fingerprint density at radius 3 is 2.21 bits per heavy atom. The summed E-state index contributed by atoms with van der Waals surface area (Å²) in [7, 11) is 2.59. The summed E-state index contributed by atoms with van der Waals surface area (Å²) in [5.74, 6) is -0.577. The van der Waals surface area contributed by atoms with E-state index < -0.39 is 5.97 Å². The number of ether oxygens (including phenoxy) is 2. The van der Waals surface area contributed by atoms with Gasteiger partial charge in [0.2, 0.25) is 5.88 Å². The number of nitrogens with one attached hydrogen (secondary N) is 1. The summed E-state index contributed by atoms with van der Waals surface area (Å²) in [6.45, 7) is 3.73. The molecule has 0 saturated heterocycles. The standard InChI is InChI=1S/C9H14N2O3/c1-6(2)11-8(13-3)7(5-10)9(12)14-4/h6,11H,1-4H3/b8-7+. The molecule has 0 aliphatic heterocycles. The average molecular weight is 198 g/mol. The molecule has 0 radical (unpaired) electrons. The van der Waals surface area contributed by atoms with Gasteiger partial charge in [-0.25, -0.2) is 4.79 Å². The van der Waals surface area contributed by atoms with Crippen molar-refractivity contribution in [2.24, 2.45) is 0 Å². The number of rotatable bonds is 4. The second-order valence-corrected chi connectivity index (χ2v) is 2.81. The van der Waals surface area contributed by atoms with Gasteiger partial charge in [-0.15, -0.1) is 0 Å². The van der Waals surface area contributed by atoms with Gasteiger partial charge < -0.3 is 14.8 Å². The molecule has 0 unspecified atom stereocenters. The number of carbonyl (C=O) groups is 1. The average Bonchev–Trinajstić information content (AvgIpc) is 2.16. The third-order valence-electron chi connectivity index (χ3n) is 1.35. The fraction of sp³-hybridized carbons (Fsp3) is 0.556. The molecule has 0 amide bonds. The van der Waals surface area contributed by atoms with E-state index in [2.05, 4.69) is 10.1 Å². The lowest BCUT2D eigenvalue weighted by molar-refractivity contribution is -0.135. The highest BCUT2D eigenvalue weighted by Crippen LogP contribution is 2.04. The molecule has 0 aliphatic rings. The van der Waals surface area contributed by atoms with Crippen molar-refractivity contribution in [2.75, 3.05) is 14.2 Å². The van der Waals surface area contributed by atoms with E-state index in [1.54, 1.807) is 6.07 Å². The molecule has 0 bridgehead atoms. The molecule has 0 rings (SSSR count). The Labute approximate surface area is 83.3 Å². The van der Waals surface area contributed by atoms with Crippen molar-refractivity contribution in [3.05, 3.63) is 11.5 Å². The maximum absolute atomic E-state index is 11.1. The first-order valence-corrected chi connectivity index (χ1v) is 4.10. The Balaban J connectivity index is 4.94. The molecule has 0 aromatic rings. The zero-order valence-electron chi connectivity index (χ0n) is 8.75. The summed E-state index contributed by atoms with van der Waals surface area (Å²) < 4.78 is 9.31. The molecular formula is C9H14N2O3. The highest BCUT2D eigenvalue weighted by Gasteiger charge is 2.17. The van der Waals surface area contributed by atoms with Crippen LogP contribution in [-0.2, 0) is 14.3 Å². The van der Waals surface area contributed by atoms with Gasteiger partial charge in [-0.1, -0.05) is 0 Å². The number of carbonyl (C=O) groups excluding carboxylic acids is 1. The van der Waals surface area contributed by atoms with Crippen LogP contribution in [-0.4, -0.2) is 26.2 Å². The van der Waals surface area contributed by atoms with Gasteiger partial charge in [0.25, 0.3) is 0 Å². The summed E-state index contributed by atoms with van der Waals surface area (Å²) in [6.07, 6.45) is 0. The Morgan fingerprint density at radius 2 is 1.93 bits per heavy atom. The maximum Gasteiger partial charge on any atom is 0.354 e. The van der Waals surface area contributed by atoms with Crippen molar-refractivity contribution in [1.82, 2.24) is 5.32 Å². The summed E-state index contributed by atoms with van der Waals surface area (Å²) >= 11 is 0. The molecule has 78 valence electrons. The van der Waals surface area contributed by atoms with E-state index in [0.717, 1.165) is 0 Å². The molecule has 0 atom stereocenters. The number of hydrogen-bond donors (Lipinski definition) is 1. The van der Waals surface area contributed by atoms with E-state index in [1.165, 1.54) is 14.2 Å². The van der Waals surface area contributed by atoms with Crippen LogP contribution in [0.5, 0.6) is 0 Å². The quantitative estimate of drug-likeness (QED) is 0.309. The predicted octanol–water partition coefficient (Wildman–Crippen LogP) is 0.539. The van der Waals surface area contributed by atoms with Gasteiger partial charge in [0.15, 0.2) is 5.57 Å². The first kappa shape index (κ1) is 12.3. The van der Waals surface area contributed by atoms with E-state index in [0.29, 0.717) is 0 Å². The van der Waals surface area contributed by atoms with Crippen molar-refractivity contribution >= 4 is 5.97 Å². The molecule has 5 heteroatoms. The van der Waals surface area contributed by atoms with Gasteiger partial charge in [0, 0.05) is 6.04 Å². The molecule has 0 aromatic carbocycles. The Hall–Kier alpha value is -1.70. The predicted molar refractivity (Wildman–Crippen MR) is 49.9 cm³/mol. The molecule has 1 N–H and O–H groups in total. The van der Waals surface area contributed by atoms with Crippen molar-refractivity contribution in [1.29, 1.82) is 5.26 Å². The van der Waals surface area contributed by atoms with Crippen LogP contribution in [0.2, 0.25) is 0 Å². The van der Waals surface area contributed by atoms with Gasteiger partial charge >= 0.3 is 5.97 Å². The van der Waals surface area contributed by atoms with Crippen LogP contribution in [0.4, 0.5) is 0 Å². The SMILES string of the molecule is COC(=O)/C(C#N)=C(\NC(C)C)OC. The van der Waals surface area contributed by atoms with Crippen molar-refractivity contribution in [3.63, 3.8) is 0 Å². The third kappa shape index (κ3) is 3.35. The van der Waals surface area contributed by atoms with Crippen LogP contribution in [0.25, 0.3) is 0 Å². The smallest absolute Gasteiger partial charge is 0.354 e. The molecule has 0 aliphatic carbocycles. The summed E-state index contributed by atoms with van der Waals surface area (Å²) in [6, 6.07) is 1.79. The largest absolute Gasteiger partial charge is 0.481 e. The molecule has 0 heterocycles. The van der Waals surface area contributed by atoms with E-state index in [-0.39, 0.29) is 17.5 Å². The highest BCUT2D eigenvalue weighted by molar-refractivity contribution is 5.93. The lowest BCUT2D eigenvalue weighted by Gasteiger charge is -2.13. The minimum atomic E-state index is -0.711. The number of esters is 1. The fourth-order valence-corrected chi connectivity index (χ4v) is 0.787. The number of nitrogens with zero attached hydrogens (tertiary/aromatic N) is 1. The van der Waals surface area contributed by atoms with E-state index in [4.69, 9.17) is 10.00 Å². The fourth-order valence-electron chi connectivity index (χ4n) is 0.787. The minimum absolute atomic E-state index is 0.0676. The molecule has 0 spiro atoms. The normalized spacial score (nSPS) is 11.4. The van der Waals surface area contributed by atoms with Crippen LogP contribution in [0.15, 0.2) is 11.5 Å². The zero-order chi connectivity index (χ0) is 11.1. The number of hydrogen-bond acceptors (Lipinski definition) is 5. The molecule has 5 nitrogen and oxygen atoms in total. The minimum Gasteiger partial charge on any atom is -0.481 e. The van der Waals surface area contributed by atoms with Crippen LogP contribution >= 0.6 is 0 Å². The lowest BCUT2D eigenvalue weighted by atomic mass is 10.3. The lowest BCUT2D eigenvalue weighted by Crippen LogP contribution is -2.26. The van der Waals surface area contributed by atoms with Crippen molar-refractivity contribution < 1.29 is 14.3 Å². The van der Waals surface area contributed by atoms with E-state index in [1.807, 2.05) is 13.8 Å². The summed E-state index contributed by atoms with van der Waals surface area (Å²) in [5, 5.41) is 11.5. The van der Waals surface area contributed by atoms with Gasteiger partial charge in [-0.3, -0.25) is 0 Å². The molecular weight excluding hydrogens is 184 g/mol. The van der Waals surface area contributed by atoms with Crippen LogP contribution < -0.4 is 5.32 Å². The molecule has 0 aromatic heterocycles. The number of methoxy groups -OCH3 is 2. The van der Waals surface area contributed by atoms with Crippen LogP contribution in [0.3, 0.4) is 0 Å².